The Labute approximate surface area is 137 Å². The second-order valence-electron chi connectivity index (χ2n) is 4.90. The van der Waals surface area contributed by atoms with Gasteiger partial charge in [-0.05, 0) is 18.2 Å². The third-order valence-electron chi connectivity index (χ3n) is 3.46. The number of benzene rings is 1. The zero-order valence-corrected chi connectivity index (χ0v) is 13.7. The molecule has 3 rings (SSSR count). The Bertz CT molecular complexity index is 796. The fourth-order valence-corrected chi connectivity index (χ4v) is 3.00. The number of hydrogen-bond donors (Lipinski definition) is 1. The van der Waals surface area contributed by atoms with Gasteiger partial charge >= 0.3 is 0 Å². The second kappa shape index (κ2) is 6.70. The number of nitrogens with zero attached hydrogens (tertiary/aromatic N) is 2. The summed E-state index contributed by atoms with van der Waals surface area (Å²) in [6.07, 6.45) is 4.64. The third kappa shape index (κ3) is 3.29. The van der Waals surface area contributed by atoms with Gasteiger partial charge in [0.15, 0.2) is 16.5 Å². The van der Waals surface area contributed by atoms with E-state index >= 15 is 0 Å². The Morgan fingerprint density at radius 2 is 2.13 bits per heavy atom. The zero-order chi connectivity index (χ0) is 16.2. The number of amides is 1. The number of thiazole rings is 1. The first kappa shape index (κ1) is 15.4. The summed E-state index contributed by atoms with van der Waals surface area (Å²) in [6, 6.07) is 5.10. The van der Waals surface area contributed by atoms with Crippen molar-refractivity contribution in [3.63, 3.8) is 0 Å². The summed E-state index contributed by atoms with van der Waals surface area (Å²) in [5.74, 6) is 0.989. The quantitative estimate of drug-likeness (QED) is 0.753. The number of hydrogen-bond acceptors (Lipinski definition) is 5. The average Bonchev–Trinajstić information content (AvgIpc) is 3.15. The van der Waals surface area contributed by atoms with Crippen molar-refractivity contribution in [1.82, 2.24) is 14.7 Å². The molecule has 120 valence electrons. The largest absolute Gasteiger partial charge is 0.493 e. The number of imidazole rings is 1. The van der Waals surface area contributed by atoms with Crippen molar-refractivity contribution in [2.24, 2.45) is 0 Å². The molecule has 1 amide bonds. The van der Waals surface area contributed by atoms with Crippen LogP contribution in [0.2, 0.25) is 0 Å². The Morgan fingerprint density at radius 3 is 2.87 bits per heavy atom. The molecule has 1 N–H and O–H groups in total. The fourth-order valence-electron chi connectivity index (χ4n) is 2.28. The van der Waals surface area contributed by atoms with Crippen LogP contribution in [-0.2, 0) is 6.42 Å². The van der Waals surface area contributed by atoms with Crippen LogP contribution in [0, 0.1) is 0 Å². The zero-order valence-electron chi connectivity index (χ0n) is 12.9. The molecule has 1 aromatic carbocycles. The van der Waals surface area contributed by atoms with Gasteiger partial charge < -0.3 is 14.8 Å². The van der Waals surface area contributed by atoms with Gasteiger partial charge in [-0.2, -0.15) is 0 Å². The number of nitrogens with one attached hydrogen (secondary N) is 1. The molecule has 0 aliphatic carbocycles. The molecular formula is C16H17N3O3S. The van der Waals surface area contributed by atoms with Crippen LogP contribution in [0.15, 0.2) is 36.0 Å². The molecule has 0 aliphatic heterocycles. The van der Waals surface area contributed by atoms with Crippen molar-refractivity contribution < 1.29 is 14.3 Å². The number of aromatic nitrogens is 2. The maximum atomic E-state index is 12.2. The van der Waals surface area contributed by atoms with E-state index in [1.54, 1.807) is 43.8 Å². The Hall–Kier alpha value is -2.54. The highest BCUT2D eigenvalue weighted by Gasteiger charge is 2.10. The molecule has 23 heavy (non-hydrogen) atoms. The van der Waals surface area contributed by atoms with Crippen molar-refractivity contribution in [2.75, 3.05) is 20.8 Å². The van der Waals surface area contributed by atoms with Gasteiger partial charge in [-0.25, -0.2) is 4.98 Å². The van der Waals surface area contributed by atoms with E-state index < -0.39 is 0 Å². The summed E-state index contributed by atoms with van der Waals surface area (Å²) in [6.45, 7) is 0.526. The van der Waals surface area contributed by atoms with Gasteiger partial charge in [-0.15, -0.1) is 11.3 Å². The second-order valence-corrected chi connectivity index (χ2v) is 5.77. The highest BCUT2D eigenvalue weighted by atomic mass is 32.1. The first-order valence-corrected chi connectivity index (χ1v) is 8.00. The van der Waals surface area contributed by atoms with Gasteiger partial charge in [0, 0.05) is 36.3 Å². The Kier molecular flexibility index (Phi) is 4.47. The maximum absolute atomic E-state index is 12.2. The van der Waals surface area contributed by atoms with Gasteiger partial charge in [0.1, 0.15) is 0 Å². The summed E-state index contributed by atoms with van der Waals surface area (Å²) in [4.78, 5) is 17.6. The van der Waals surface area contributed by atoms with Gasteiger partial charge in [0.25, 0.3) is 5.91 Å². The van der Waals surface area contributed by atoms with Crippen LogP contribution in [0.25, 0.3) is 4.96 Å². The molecule has 0 saturated heterocycles. The summed E-state index contributed by atoms with van der Waals surface area (Å²) >= 11 is 1.59. The number of carbonyl (C=O) groups is 1. The van der Waals surface area contributed by atoms with Gasteiger partial charge in [0.2, 0.25) is 0 Å². The Morgan fingerprint density at radius 1 is 1.30 bits per heavy atom. The molecule has 7 heteroatoms. The predicted octanol–water partition coefficient (Wildman–Crippen LogP) is 2.39. The number of rotatable bonds is 6. The van der Waals surface area contributed by atoms with Crippen LogP contribution in [0.3, 0.4) is 0 Å². The molecule has 0 bridgehead atoms. The van der Waals surface area contributed by atoms with Crippen molar-refractivity contribution in [2.45, 2.75) is 6.42 Å². The molecular weight excluding hydrogens is 314 g/mol. The van der Waals surface area contributed by atoms with Crippen LogP contribution in [-0.4, -0.2) is 36.1 Å². The summed E-state index contributed by atoms with van der Waals surface area (Å²) in [5, 5.41) is 4.88. The lowest BCUT2D eigenvalue weighted by atomic mass is 10.2. The third-order valence-corrected chi connectivity index (χ3v) is 4.23. The standard InChI is InChI=1S/C16H17N3O3S/c1-21-13-4-3-11(9-14(13)22-2)15(20)17-6-5-12-10-19-7-8-23-16(19)18-12/h3-4,7-10H,5-6H2,1-2H3,(H,17,20). The smallest absolute Gasteiger partial charge is 0.251 e. The van der Waals surface area contributed by atoms with E-state index in [1.165, 1.54) is 0 Å². The topological polar surface area (TPSA) is 64.9 Å². The molecule has 0 spiro atoms. The molecule has 2 aromatic heterocycles. The minimum absolute atomic E-state index is 0.146. The predicted molar refractivity (Wildman–Crippen MR) is 88.7 cm³/mol. The number of methoxy groups -OCH3 is 2. The Balaban J connectivity index is 1.59. The molecule has 0 radical (unpaired) electrons. The van der Waals surface area contributed by atoms with E-state index in [0.29, 0.717) is 30.0 Å². The molecule has 3 aromatic rings. The van der Waals surface area contributed by atoms with Crippen LogP contribution in [0.5, 0.6) is 11.5 Å². The lowest BCUT2D eigenvalue weighted by Gasteiger charge is -2.09. The van der Waals surface area contributed by atoms with Crippen LogP contribution in [0.4, 0.5) is 0 Å². The van der Waals surface area contributed by atoms with Crippen molar-refractivity contribution in [3.05, 3.63) is 47.2 Å². The van der Waals surface area contributed by atoms with Gasteiger partial charge in [-0.3, -0.25) is 9.20 Å². The molecule has 0 unspecified atom stereocenters. The van der Waals surface area contributed by atoms with Gasteiger partial charge in [-0.1, -0.05) is 0 Å². The number of carbonyl (C=O) groups excluding carboxylic acids is 1. The van der Waals surface area contributed by atoms with E-state index in [-0.39, 0.29) is 5.91 Å². The van der Waals surface area contributed by atoms with E-state index in [9.17, 15) is 4.79 Å². The molecule has 2 heterocycles. The van der Waals surface area contributed by atoms with E-state index in [4.69, 9.17) is 9.47 Å². The maximum Gasteiger partial charge on any atom is 0.251 e. The lowest BCUT2D eigenvalue weighted by Crippen LogP contribution is -2.25. The number of ether oxygens (including phenoxy) is 2. The van der Waals surface area contributed by atoms with Crippen LogP contribution < -0.4 is 14.8 Å². The molecule has 0 saturated carbocycles. The minimum Gasteiger partial charge on any atom is -0.493 e. The first-order chi connectivity index (χ1) is 11.2. The summed E-state index contributed by atoms with van der Waals surface area (Å²) < 4.78 is 12.4. The van der Waals surface area contributed by atoms with Crippen molar-refractivity contribution in [3.8, 4) is 11.5 Å². The molecule has 0 fully saturated rings. The molecule has 0 aliphatic rings. The molecule has 6 nitrogen and oxygen atoms in total. The lowest BCUT2D eigenvalue weighted by molar-refractivity contribution is 0.0953. The highest BCUT2D eigenvalue weighted by molar-refractivity contribution is 7.15. The highest BCUT2D eigenvalue weighted by Crippen LogP contribution is 2.27. The van der Waals surface area contributed by atoms with E-state index in [2.05, 4.69) is 10.3 Å². The van der Waals surface area contributed by atoms with E-state index in [0.717, 1.165) is 10.7 Å². The van der Waals surface area contributed by atoms with Crippen LogP contribution in [0.1, 0.15) is 16.1 Å². The summed E-state index contributed by atoms with van der Waals surface area (Å²) in [5.41, 5.74) is 1.50. The van der Waals surface area contributed by atoms with Crippen molar-refractivity contribution >= 4 is 22.2 Å². The normalized spacial score (nSPS) is 10.7. The minimum atomic E-state index is -0.146. The van der Waals surface area contributed by atoms with Crippen molar-refractivity contribution in [1.29, 1.82) is 0 Å². The van der Waals surface area contributed by atoms with Crippen LogP contribution >= 0.6 is 11.3 Å². The summed E-state index contributed by atoms with van der Waals surface area (Å²) in [7, 11) is 3.11. The number of fused-ring (bicyclic) bond motifs is 1. The monoisotopic (exact) mass is 331 g/mol. The first-order valence-electron chi connectivity index (χ1n) is 7.12. The fraction of sp³-hybridized carbons (Fsp3) is 0.250. The SMILES string of the molecule is COc1ccc(C(=O)NCCc2cn3ccsc3n2)cc1OC. The average molecular weight is 331 g/mol. The van der Waals surface area contributed by atoms with E-state index in [1.807, 2.05) is 22.2 Å². The van der Waals surface area contributed by atoms with Gasteiger partial charge in [0.05, 0.1) is 19.9 Å². The molecule has 0 atom stereocenters.